The van der Waals surface area contributed by atoms with Gasteiger partial charge in [0.05, 0.1) is 17.6 Å². The van der Waals surface area contributed by atoms with Crippen LogP contribution in [0, 0.1) is 0 Å². The second-order valence-corrected chi connectivity index (χ2v) is 5.33. The quantitative estimate of drug-likeness (QED) is 0.851. The van der Waals surface area contributed by atoms with E-state index < -0.39 is 0 Å². The Morgan fingerprint density at radius 3 is 2.55 bits per heavy atom. The fraction of sp³-hybridized carbons (Fsp3) is 0.467. The smallest absolute Gasteiger partial charge is 0.0753 e. The third kappa shape index (κ3) is 2.67. The van der Waals surface area contributed by atoms with Crippen LogP contribution in [0.4, 0.5) is 5.69 Å². The molecule has 2 aromatic rings. The van der Waals surface area contributed by atoms with Crippen molar-refractivity contribution in [3.8, 4) is 0 Å². The minimum Gasteiger partial charge on any atom is -0.366 e. The van der Waals surface area contributed by atoms with Crippen LogP contribution in [-0.4, -0.2) is 45.8 Å². The number of piperazine rings is 1. The van der Waals surface area contributed by atoms with Gasteiger partial charge in [0.25, 0.3) is 0 Å². The molecule has 1 fully saturated rings. The fourth-order valence-corrected chi connectivity index (χ4v) is 2.75. The van der Waals surface area contributed by atoms with Crippen molar-refractivity contribution in [1.82, 2.24) is 19.7 Å². The van der Waals surface area contributed by atoms with Crippen molar-refractivity contribution in [2.75, 3.05) is 31.1 Å². The largest absolute Gasteiger partial charge is 0.366 e. The van der Waals surface area contributed by atoms with Crippen LogP contribution in [0.15, 0.2) is 36.8 Å². The zero-order valence-corrected chi connectivity index (χ0v) is 12.1. The molecule has 0 amide bonds. The molecule has 3 heterocycles. The molecular formula is C15H21N5. The van der Waals surface area contributed by atoms with Gasteiger partial charge in [-0.1, -0.05) is 6.07 Å². The van der Waals surface area contributed by atoms with Crippen LogP contribution in [0.5, 0.6) is 0 Å². The lowest BCUT2D eigenvalue weighted by Gasteiger charge is -2.38. The molecule has 0 radical (unpaired) electrons. The van der Waals surface area contributed by atoms with Gasteiger partial charge in [-0.15, -0.1) is 0 Å². The lowest BCUT2D eigenvalue weighted by molar-refractivity contribution is 0.195. The summed E-state index contributed by atoms with van der Waals surface area (Å²) in [5, 5.41) is 4.24. The Balaban J connectivity index is 1.61. The molecule has 1 aliphatic heterocycles. The van der Waals surface area contributed by atoms with Gasteiger partial charge in [-0.2, -0.15) is 5.10 Å². The first kappa shape index (κ1) is 13.1. The van der Waals surface area contributed by atoms with Crippen LogP contribution < -0.4 is 4.90 Å². The summed E-state index contributed by atoms with van der Waals surface area (Å²) >= 11 is 0. The summed E-state index contributed by atoms with van der Waals surface area (Å²) in [5.41, 5.74) is 2.37. The van der Waals surface area contributed by atoms with Crippen molar-refractivity contribution in [2.45, 2.75) is 13.0 Å². The van der Waals surface area contributed by atoms with Gasteiger partial charge in [-0.25, -0.2) is 0 Å². The van der Waals surface area contributed by atoms with Crippen molar-refractivity contribution in [1.29, 1.82) is 0 Å². The zero-order chi connectivity index (χ0) is 13.9. The van der Waals surface area contributed by atoms with Gasteiger partial charge in [-0.3, -0.25) is 14.6 Å². The van der Waals surface area contributed by atoms with Crippen LogP contribution in [0.1, 0.15) is 18.7 Å². The predicted octanol–water partition coefficient (Wildman–Crippen LogP) is 1.70. The number of hydrogen-bond donors (Lipinski definition) is 0. The van der Waals surface area contributed by atoms with Crippen LogP contribution in [-0.2, 0) is 7.05 Å². The van der Waals surface area contributed by atoms with E-state index in [4.69, 9.17) is 0 Å². The molecule has 0 N–H and O–H groups in total. The third-order valence-electron chi connectivity index (χ3n) is 4.03. The summed E-state index contributed by atoms with van der Waals surface area (Å²) in [5.74, 6) is 0. The molecule has 0 saturated carbocycles. The highest BCUT2D eigenvalue weighted by Gasteiger charge is 2.23. The van der Waals surface area contributed by atoms with Gasteiger partial charge in [0.15, 0.2) is 0 Å². The Hall–Kier alpha value is -1.88. The number of rotatable bonds is 3. The van der Waals surface area contributed by atoms with Gasteiger partial charge >= 0.3 is 0 Å². The average Bonchev–Trinajstić information content (AvgIpc) is 2.94. The monoisotopic (exact) mass is 271 g/mol. The van der Waals surface area contributed by atoms with Crippen molar-refractivity contribution in [3.63, 3.8) is 0 Å². The van der Waals surface area contributed by atoms with Crippen molar-refractivity contribution < 1.29 is 0 Å². The predicted molar refractivity (Wildman–Crippen MR) is 79.6 cm³/mol. The van der Waals surface area contributed by atoms with Crippen LogP contribution >= 0.6 is 0 Å². The first-order chi connectivity index (χ1) is 9.74. The molecule has 0 aromatic carbocycles. The fourth-order valence-electron chi connectivity index (χ4n) is 2.75. The molecule has 0 bridgehead atoms. The highest BCUT2D eigenvalue weighted by molar-refractivity contribution is 5.42. The molecule has 1 atom stereocenters. The molecule has 20 heavy (non-hydrogen) atoms. The van der Waals surface area contributed by atoms with E-state index in [1.165, 1.54) is 5.69 Å². The molecule has 5 nitrogen and oxygen atoms in total. The van der Waals surface area contributed by atoms with E-state index in [-0.39, 0.29) is 0 Å². The molecule has 0 aliphatic carbocycles. The number of nitrogens with zero attached hydrogens (tertiary/aromatic N) is 5. The van der Waals surface area contributed by atoms with Crippen LogP contribution in [0.2, 0.25) is 0 Å². The average molecular weight is 271 g/mol. The second kappa shape index (κ2) is 5.63. The normalized spacial score (nSPS) is 18.2. The maximum Gasteiger partial charge on any atom is 0.0753 e. The summed E-state index contributed by atoms with van der Waals surface area (Å²) in [4.78, 5) is 9.36. The molecule has 3 rings (SSSR count). The summed E-state index contributed by atoms with van der Waals surface area (Å²) in [6.45, 7) is 6.45. The van der Waals surface area contributed by atoms with Gasteiger partial charge in [-0.05, 0) is 19.1 Å². The van der Waals surface area contributed by atoms with E-state index in [0.29, 0.717) is 6.04 Å². The number of hydrogen-bond acceptors (Lipinski definition) is 4. The molecule has 1 aliphatic rings. The Morgan fingerprint density at radius 2 is 1.95 bits per heavy atom. The first-order valence-corrected chi connectivity index (χ1v) is 7.12. The maximum atomic E-state index is 4.47. The summed E-state index contributed by atoms with van der Waals surface area (Å²) in [7, 11) is 1.96. The van der Waals surface area contributed by atoms with E-state index >= 15 is 0 Å². The summed E-state index contributed by atoms with van der Waals surface area (Å²) in [6.07, 6.45) is 5.90. The number of pyridine rings is 1. The minimum atomic E-state index is 0.382. The molecule has 1 saturated heterocycles. The van der Waals surface area contributed by atoms with E-state index in [1.807, 2.05) is 30.2 Å². The van der Waals surface area contributed by atoms with E-state index in [0.717, 1.165) is 31.9 Å². The highest BCUT2D eigenvalue weighted by Crippen LogP contribution is 2.22. The Morgan fingerprint density at radius 1 is 1.15 bits per heavy atom. The molecule has 5 heteroatoms. The second-order valence-electron chi connectivity index (χ2n) is 5.33. The van der Waals surface area contributed by atoms with Gasteiger partial charge in [0.2, 0.25) is 0 Å². The van der Waals surface area contributed by atoms with Gasteiger partial charge in [0, 0.05) is 51.7 Å². The Bertz CT molecular complexity index is 542. The molecule has 106 valence electrons. The Kier molecular flexibility index (Phi) is 3.69. The van der Waals surface area contributed by atoms with Gasteiger partial charge < -0.3 is 4.90 Å². The first-order valence-electron chi connectivity index (χ1n) is 7.12. The van der Waals surface area contributed by atoms with Crippen molar-refractivity contribution in [3.05, 3.63) is 42.5 Å². The molecule has 0 unspecified atom stereocenters. The van der Waals surface area contributed by atoms with Gasteiger partial charge in [0.1, 0.15) is 0 Å². The third-order valence-corrected chi connectivity index (χ3v) is 4.03. The number of anilines is 1. The van der Waals surface area contributed by atoms with Crippen LogP contribution in [0.25, 0.3) is 0 Å². The lowest BCUT2D eigenvalue weighted by Crippen LogP contribution is -2.47. The summed E-state index contributed by atoms with van der Waals surface area (Å²) < 4.78 is 1.86. The highest BCUT2D eigenvalue weighted by atomic mass is 15.3. The van der Waals surface area contributed by atoms with Crippen LogP contribution in [0.3, 0.4) is 0 Å². The van der Waals surface area contributed by atoms with Crippen molar-refractivity contribution in [2.24, 2.45) is 7.05 Å². The Labute approximate surface area is 119 Å². The topological polar surface area (TPSA) is 37.2 Å². The number of aryl methyl sites for hydroxylation is 1. The lowest BCUT2D eigenvalue weighted by atomic mass is 10.1. The molecular weight excluding hydrogens is 250 g/mol. The standard InChI is InChI=1S/C15H21N5/c1-13(15-5-3-4-6-16-15)19-7-9-20(10-8-19)14-11-17-18(2)12-14/h3-6,11-13H,7-10H2,1-2H3/t13-/m0/s1. The van der Waals surface area contributed by atoms with Crippen molar-refractivity contribution >= 4 is 5.69 Å². The maximum absolute atomic E-state index is 4.47. The molecule has 0 spiro atoms. The van der Waals surface area contributed by atoms with E-state index in [9.17, 15) is 0 Å². The minimum absolute atomic E-state index is 0.382. The van der Waals surface area contributed by atoms with E-state index in [1.54, 1.807) is 0 Å². The SMILES string of the molecule is C[C@@H](c1ccccn1)N1CCN(c2cnn(C)c2)CC1. The molecule has 2 aromatic heterocycles. The zero-order valence-electron chi connectivity index (χ0n) is 12.1. The summed E-state index contributed by atoms with van der Waals surface area (Å²) in [6, 6.07) is 6.52. The van der Waals surface area contributed by atoms with E-state index in [2.05, 4.69) is 45.1 Å². The number of aromatic nitrogens is 3.